The Hall–Kier alpha value is -2.55. The lowest BCUT2D eigenvalue weighted by atomic mass is 9.89. The van der Waals surface area contributed by atoms with Gasteiger partial charge < -0.3 is 0 Å². The zero-order valence-corrected chi connectivity index (χ0v) is 15.9. The summed E-state index contributed by atoms with van der Waals surface area (Å²) in [6.45, 7) is 2.01. The molecule has 0 amide bonds. The van der Waals surface area contributed by atoms with Gasteiger partial charge in [0.2, 0.25) is 15.3 Å². The zero-order chi connectivity index (χ0) is 19.2. The van der Waals surface area contributed by atoms with Gasteiger partial charge in [-0.25, -0.2) is 8.42 Å². The molecule has 1 aliphatic heterocycles. The van der Waals surface area contributed by atoms with Crippen LogP contribution in [0.1, 0.15) is 13.3 Å². The Bertz CT molecular complexity index is 1160. The molecule has 0 atom stereocenters. The van der Waals surface area contributed by atoms with Gasteiger partial charge in [0.15, 0.2) is 11.5 Å². The quantitative estimate of drug-likeness (QED) is 0.617. The van der Waals surface area contributed by atoms with E-state index in [4.69, 9.17) is 11.6 Å². The third-order valence-corrected chi connectivity index (χ3v) is 6.61. The number of hydrogen-bond acceptors (Lipinski definition) is 7. The fraction of sp³-hybridized carbons (Fsp3) is 0.400. The molecule has 0 spiro atoms. The second-order valence-corrected chi connectivity index (χ2v) is 8.91. The summed E-state index contributed by atoms with van der Waals surface area (Å²) >= 11 is 5.99. The number of nitriles is 1. The average molecular weight is 407 g/mol. The van der Waals surface area contributed by atoms with Gasteiger partial charge in [-0.05, 0) is 18.5 Å². The first-order valence-corrected chi connectivity index (χ1v) is 10.1. The lowest BCUT2D eigenvalue weighted by Crippen LogP contribution is -2.64. The summed E-state index contributed by atoms with van der Waals surface area (Å²) in [6, 6.07) is 3.84. The standard InChI is InChI=1S/C15H15ClN8O2S/c1-2-27(25,26)22-9-15(10-22,4-5-17)23-8-11(7-19-23)13-21-14(16)20-12-3-6-18-24(12)13/h3,6-8H,2,4,9-10H2,1H3. The number of rotatable bonds is 5. The molecule has 1 saturated heterocycles. The first kappa shape index (κ1) is 17.8. The molecule has 0 aromatic carbocycles. The number of nitrogens with zero attached hydrogens (tertiary/aromatic N) is 8. The maximum atomic E-state index is 12.1. The monoisotopic (exact) mass is 406 g/mol. The van der Waals surface area contributed by atoms with Gasteiger partial charge in [0.25, 0.3) is 0 Å². The summed E-state index contributed by atoms with van der Waals surface area (Å²) in [7, 11) is -3.30. The Morgan fingerprint density at radius 3 is 2.81 bits per heavy atom. The van der Waals surface area contributed by atoms with Crippen LogP contribution in [-0.2, 0) is 15.6 Å². The van der Waals surface area contributed by atoms with Crippen LogP contribution in [0, 0.1) is 11.3 Å². The third-order valence-electron chi connectivity index (χ3n) is 4.66. The Labute approximate surface area is 160 Å². The molecule has 0 radical (unpaired) electrons. The van der Waals surface area contributed by atoms with E-state index in [0.29, 0.717) is 17.0 Å². The van der Waals surface area contributed by atoms with Crippen molar-refractivity contribution in [1.82, 2.24) is 33.7 Å². The van der Waals surface area contributed by atoms with Gasteiger partial charge in [0, 0.05) is 25.4 Å². The molecular weight excluding hydrogens is 392 g/mol. The van der Waals surface area contributed by atoms with Crippen molar-refractivity contribution < 1.29 is 8.42 Å². The van der Waals surface area contributed by atoms with Gasteiger partial charge in [-0.3, -0.25) is 4.68 Å². The molecule has 0 aliphatic carbocycles. The van der Waals surface area contributed by atoms with E-state index < -0.39 is 15.6 Å². The van der Waals surface area contributed by atoms with Crippen molar-refractivity contribution in [2.75, 3.05) is 18.8 Å². The van der Waals surface area contributed by atoms with Crippen molar-refractivity contribution in [3.05, 3.63) is 29.9 Å². The Morgan fingerprint density at radius 1 is 1.33 bits per heavy atom. The minimum Gasteiger partial charge on any atom is -0.262 e. The highest BCUT2D eigenvalue weighted by Crippen LogP contribution is 2.35. The highest BCUT2D eigenvalue weighted by atomic mass is 35.5. The Balaban J connectivity index is 1.71. The van der Waals surface area contributed by atoms with Crippen LogP contribution >= 0.6 is 11.6 Å². The number of halogens is 1. The smallest absolute Gasteiger partial charge is 0.226 e. The molecule has 0 bridgehead atoms. The molecule has 4 rings (SSSR count). The maximum Gasteiger partial charge on any atom is 0.226 e. The van der Waals surface area contributed by atoms with Crippen LogP contribution in [0.5, 0.6) is 0 Å². The summed E-state index contributed by atoms with van der Waals surface area (Å²) < 4.78 is 28.7. The van der Waals surface area contributed by atoms with E-state index >= 15 is 0 Å². The van der Waals surface area contributed by atoms with Crippen LogP contribution in [0.2, 0.25) is 5.28 Å². The van der Waals surface area contributed by atoms with Crippen LogP contribution in [0.15, 0.2) is 24.7 Å². The van der Waals surface area contributed by atoms with E-state index in [2.05, 4.69) is 26.2 Å². The van der Waals surface area contributed by atoms with Gasteiger partial charge in [-0.15, -0.1) is 0 Å². The van der Waals surface area contributed by atoms with Crippen molar-refractivity contribution in [2.45, 2.75) is 18.9 Å². The molecule has 1 fully saturated rings. The molecule has 27 heavy (non-hydrogen) atoms. The van der Waals surface area contributed by atoms with E-state index in [-0.39, 0.29) is 30.5 Å². The van der Waals surface area contributed by atoms with E-state index in [1.165, 1.54) is 4.31 Å². The Morgan fingerprint density at radius 2 is 2.11 bits per heavy atom. The molecular formula is C15H15ClN8O2S. The summed E-state index contributed by atoms with van der Waals surface area (Å²) in [5.41, 5.74) is 0.491. The molecule has 12 heteroatoms. The molecule has 0 saturated carbocycles. The first-order chi connectivity index (χ1) is 12.9. The first-order valence-electron chi connectivity index (χ1n) is 8.16. The summed E-state index contributed by atoms with van der Waals surface area (Å²) in [4.78, 5) is 8.32. The predicted molar refractivity (Wildman–Crippen MR) is 96.3 cm³/mol. The molecule has 1 aliphatic rings. The summed E-state index contributed by atoms with van der Waals surface area (Å²) in [6.07, 6.45) is 5.05. The fourth-order valence-electron chi connectivity index (χ4n) is 3.16. The highest BCUT2D eigenvalue weighted by Gasteiger charge is 2.49. The average Bonchev–Trinajstić information content (AvgIpc) is 3.26. The zero-order valence-electron chi connectivity index (χ0n) is 14.3. The Kier molecular flexibility index (Phi) is 4.14. The summed E-state index contributed by atoms with van der Waals surface area (Å²) in [5.74, 6) is 0.488. The van der Waals surface area contributed by atoms with Crippen LogP contribution in [0.3, 0.4) is 0 Å². The number of aromatic nitrogens is 6. The van der Waals surface area contributed by atoms with Gasteiger partial charge in [-0.1, -0.05) is 0 Å². The summed E-state index contributed by atoms with van der Waals surface area (Å²) in [5, 5.41) is 17.9. The van der Waals surface area contributed by atoms with Crippen LogP contribution in [-0.4, -0.2) is 60.9 Å². The number of sulfonamides is 1. The van der Waals surface area contributed by atoms with E-state index in [1.807, 2.05) is 0 Å². The second kappa shape index (κ2) is 6.26. The SMILES string of the molecule is CCS(=O)(=O)N1CC(CC#N)(n2cc(-c3nc(Cl)nc4ccnn34)cn2)C1. The second-order valence-electron chi connectivity index (χ2n) is 6.32. The molecule has 0 N–H and O–H groups in total. The minimum absolute atomic E-state index is 0.0245. The third kappa shape index (κ3) is 2.86. The molecule has 10 nitrogen and oxygen atoms in total. The van der Waals surface area contributed by atoms with E-state index in [0.717, 1.165) is 0 Å². The molecule has 3 aromatic rings. The molecule has 140 valence electrons. The number of hydrogen-bond donors (Lipinski definition) is 0. The van der Waals surface area contributed by atoms with E-state index in [9.17, 15) is 13.7 Å². The number of fused-ring (bicyclic) bond motifs is 1. The highest BCUT2D eigenvalue weighted by molar-refractivity contribution is 7.89. The van der Waals surface area contributed by atoms with Crippen molar-refractivity contribution in [1.29, 1.82) is 5.26 Å². The topological polar surface area (TPSA) is 122 Å². The molecule has 0 unspecified atom stereocenters. The van der Waals surface area contributed by atoms with Gasteiger partial charge in [0.1, 0.15) is 5.54 Å². The normalized spacial score (nSPS) is 16.9. The van der Waals surface area contributed by atoms with Crippen LogP contribution in [0.4, 0.5) is 0 Å². The van der Waals surface area contributed by atoms with Gasteiger partial charge >= 0.3 is 0 Å². The van der Waals surface area contributed by atoms with Gasteiger partial charge in [-0.2, -0.15) is 34.2 Å². The van der Waals surface area contributed by atoms with Crippen molar-refractivity contribution in [2.24, 2.45) is 0 Å². The maximum absolute atomic E-state index is 12.1. The van der Waals surface area contributed by atoms with Crippen LogP contribution < -0.4 is 0 Å². The van der Waals surface area contributed by atoms with Crippen molar-refractivity contribution in [3.8, 4) is 17.5 Å². The molecule has 4 heterocycles. The minimum atomic E-state index is -3.30. The van der Waals surface area contributed by atoms with Crippen LogP contribution in [0.25, 0.3) is 17.0 Å². The van der Waals surface area contributed by atoms with Crippen molar-refractivity contribution in [3.63, 3.8) is 0 Å². The molecule has 3 aromatic heterocycles. The lowest BCUT2D eigenvalue weighted by Gasteiger charge is -2.47. The lowest BCUT2D eigenvalue weighted by molar-refractivity contribution is 0.0719. The fourth-order valence-corrected chi connectivity index (χ4v) is 4.56. The predicted octanol–water partition coefficient (Wildman–Crippen LogP) is 0.915. The van der Waals surface area contributed by atoms with Gasteiger partial charge in [0.05, 0.1) is 36.2 Å². The van der Waals surface area contributed by atoms with Crippen molar-refractivity contribution >= 4 is 27.3 Å². The largest absolute Gasteiger partial charge is 0.262 e. The van der Waals surface area contributed by atoms with E-state index in [1.54, 1.807) is 40.8 Å².